The quantitative estimate of drug-likeness (QED) is 0.855. The van der Waals surface area contributed by atoms with Crippen molar-refractivity contribution in [3.63, 3.8) is 0 Å². The molecule has 0 spiro atoms. The average Bonchev–Trinajstić information content (AvgIpc) is 2.38. The lowest BCUT2D eigenvalue weighted by Crippen LogP contribution is -2.38. The lowest BCUT2D eigenvalue weighted by Gasteiger charge is -2.29. The van der Waals surface area contributed by atoms with Gasteiger partial charge >= 0.3 is 11.9 Å². The number of carbonyl (C=O) groups excluding carboxylic acids is 1. The number of aliphatic imine (C=N–C) groups is 1. The number of rotatable bonds is 4. The molecule has 0 aliphatic carbocycles. The first-order chi connectivity index (χ1) is 9.40. The lowest BCUT2D eigenvalue weighted by atomic mass is 9.83. The van der Waals surface area contributed by atoms with Gasteiger partial charge < -0.3 is 9.84 Å². The van der Waals surface area contributed by atoms with Crippen molar-refractivity contribution in [2.24, 2.45) is 10.4 Å². The molecule has 106 valence electrons. The zero-order valence-corrected chi connectivity index (χ0v) is 11.5. The zero-order valence-electron chi connectivity index (χ0n) is 11.5. The van der Waals surface area contributed by atoms with Gasteiger partial charge in [0, 0.05) is 5.41 Å². The Kier molecular flexibility index (Phi) is 3.88. The third-order valence-corrected chi connectivity index (χ3v) is 3.27. The van der Waals surface area contributed by atoms with Gasteiger partial charge in [0.2, 0.25) is 0 Å². The Morgan fingerprint density at radius 2 is 2.05 bits per heavy atom. The Morgan fingerprint density at radius 3 is 2.65 bits per heavy atom. The Bertz CT molecular complexity index is 548. The minimum Gasteiger partial charge on any atom is -0.481 e. The van der Waals surface area contributed by atoms with Gasteiger partial charge in [-0.2, -0.15) is 0 Å². The molecule has 0 aromatic heterocycles. The number of carboxylic acid groups (broad SMARTS) is 1. The molecule has 0 radical (unpaired) electrons. The number of hydrogen-bond acceptors (Lipinski definition) is 4. The van der Waals surface area contributed by atoms with E-state index in [4.69, 9.17) is 9.84 Å². The maximum absolute atomic E-state index is 11.9. The van der Waals surface area contributed by atoms with Crippen molar-refractivity contribution in [1.29, 1.82) is 0 Å². The molecular formula is C15H17NO4. The molecule has 0 amide bonds. The fraction of sp³-hybridized carbons (Fsp3) is 0.400. The maximum atomic E-state index is 11.9. The van der Waals surface area contributed by atoms with E-state index < -0.39 is 17.4 Å². The van der Waals surface area contributed by atoms with Gasteiger partial charge in [-0.1, -0.05) is 44.2 Å². The van der Waals surface area contributed by atoms with Crippen molar-refractivity contribution in [1.82, 2.24) is 0 Å². The predicted octanol–water partition coefficient (Wildman–Crippen LogP) is 2.23. The summed E-state index contributed by atoms with van der Waals surface area (Å²) in [4.78, 5) is 27.2. The van der Waals surface area contributed by atoms with Crippen LogP contribution in [0.25, 0.3) is 0 Å². The van der Waals surface area contributed by atoms with Gasteiger partial charge in [0.15, 0.2) is 0 Å². The van der Waals surface area contributed by atoms with Crippen LogP contribution in [0.3, 0.4) is 0 Å². The number of carboxylic acids is 1. The van der Waals surface area contributed by atoms with Crippen LogP contribution in [0.15, 0.2) is 35.3 Å². The summed E-state index contributed by atoms with van der Waals surface area (Å²) in [6, 6.07) is 9.24. The lowest BCUT2D eigenvalue weighted by molar-refractivity contribution is -0.139. The van der Waals surface area contributed by atoms with Crippen LogP contribution in [-0.4, -0.2) is 29.4 Å². The SMILES string of the molecule is CC(C)(CC(=O)O)C1=NC(c2ccccc2)COC1=O. The standard InChI is InChI=1S/C15H17NO4/c1-15(2,8-12(17)18)13-14(19)20-9-11(16-13)10-6-4-3-5-7-10/h3-7,11H,8-9H2,1-2H3,(H,17,18). The molecule has 1 atom stereocenters. The molecule has 0 fully saturated rings. The fourth-order valence-corrected chi connectivity index (χ4v) is 2.23. The van der Waals surface area contributed by atoms with Gasteiger partial charge in [-0.25, -0.2) is 4.79 Å². The summed E-state index contributed by atoms with van der Waals surface area (Å²) in [5.74, 6) is -1.49. The van der Waals surface area contributed by atoms with Crippen molar-refractivity contribution >= 4 is 17.7 Å². The summed E-state index contributed by atoms with van der Waals surface area (Å²) >= 11 is 0. The fourth-order valence-electron chi connectivity index (χ4n) is 2.23. The van der Waals surface area contributed by atoms with Crippen LogP contribution in [0.4, 0.5) is 0 Å². The van der Waals surface area contributed by atoms with Crippen LogP contribution in [0, 0.1) is 5.41 Å². The molecule has 5 nitrogen and oxygen atoms in total. The minimum absolute atomic E-state index is 0.164. The smallest absolute Gasteiger partial charge is 0.352 e. The largest absolute Gasteiger partial charge is 0.481 e. The molecule has 20 heavy (non-hydrogen) atoms. The number of cyclic esters (lactones) is 1. The molecule has 0 bridgehead atoms. The maximum Gasteiger partial charge on any atom is 0.352 e. The zero-order chi connectivity index (χ0) is 14.8. The second kappa shape index (κ2) is 5.45. The molecule has 1 N–H and O–H groups in total. The molecule has 1 aliphatic heterocycles. The highest BCUT2D eigenvalue weighted by Crippen LogP contribution is 2.30. The third-order valence-electron chi connectivity index (χ3n) is 3.27. The summed E-state index contributed by atoms with van der Waals surface area (Å²) in [6.45, 7) is 3.57. The highest BCUT2D eigenvalue weighted by atomic mass is 16.5. The van der Waals surface area contributed by atoms with Crippen molar-refractivity contribution in [2.75, 3.05) is 6.61 Å². The van der Waals surface area contributed by atoms with Crippen LogP contribution in [0.1, 0.15) is 31.9 Å². The highest BCUT2D eigenvalue weighted by molar-refractivity contribution is 6.39. The predicted molar refractivity (Wildman–Crippen MR) is 73.6 cm³/mol. The van der Waals surface area contributed by atoms with Crippen LogP contribution in [-0.2, 0) is 14.3 Å². The average molecular weight is 275 g/mol. The highest BCUT2D eigenvalue weighted by Gasteiger charge is 2.37. The Balaban J connectivity index is 2.32. The molecule has 0 saturated carbocycles. The topological polar surface area (TPSA) is 76.0 Å². The molecular weight excluding hydrogens is 258 g/mol. The van der Waals surface area contributed by atoms with Crippen molar-refractivity contribution in [3.8, 4) is 0 Å². The summed E-state index contributed by atoms with van der Waals surface area (Å²) in [5, 5.41) is 8.94. The molecule has 1 heterocycles. The summed E-state index contributed by atoms with van der Waals surface area (Å²) in [6.07, 6.45) is -0.164. The molecule has 2 rings (SSSR count). The molecule has 1 aromatic rings. The van der Waals surface area contributed by atoms with E-state index in [0.717, 1.165) is 5.56 Å². The van der Waals surface area contributed by atoms with E-state index in [1.165, 1.54) is 0 Å². The Hall–Kier alpha value is -2.17. The van der Waals surface area contributed by atoms with E-state index in [1.54, 1.807) is 13.8 Å². The van der Waals surface area contributed by atoms with Crippen LogP contribution in [0.2, 0.25) is 0 Å². The van der Waals surface area contributed by atoms with Gasteiger partial charge in [-0.05, 0) is 5.56 Å². The van der Waals surface area contributed by atoms with E-state index in [-0.39, 0.29) is 24.8 Å². The summed E-state index contributed by atoms with van der Waals surface area (Å²) in [5.41, 5.74) is 0.291. The molecule has 1 aliphatic rings. The second-order valence-electron chi connectivity index (χ2n) is 5.46. The summed E-state index contributed by atoms with van der Waals surface area (Å²) in [7, 11) is 0. The Morgan fingerprint density at radius 1 is 1.40 bits per heavy atom. The minimum atomic E-state index is -0.965. The first kappa shape index (κ1) is 14.2. The van der Waals surface area contributed by atoms with E-state index in [1.807, 2.05) is 30.3 Å². The molecule has 0 saturated heterocycles. The van der Waals surface area contributed by atoms with E-state index in [9.17, 15) is 9.59 Å². The Labute approximate surface area is 117 Å². The van der Waals surface area contributed by atoms with Crippen molar-refractivity contribution in [3.05, 3.63) is 35.9 Å². The number of carbonyl (C=O) groups is 2. The van der Waals surface area contributed by atoms with Crippen molar-refractivity contribution < 1.29 is 19.4 Å². The van der Waals surface area contributed by atoms with E-state index in [0.29, 0.717) is 0 Å². The number of hydrogen-bond donors (Lipinski definition) is 1. The third kappa shape index (κ3) is 3.04. The monoisotopic (exact) mass is 275 g/mol. The number of aliphatic carboxylic acids is 1. The van der Waals surface area contributed by atoms with E-state index in [2.05, 4.69) is 4.99 Å². The van der Waals surface area contributed by atoms with Gasteiger partial charge in [-0.15, -0.1) is 0 Å². The number of esters is 1. The van der Waals surface area contributed by atoms with Gasteiger partial charge in [-0.3, -0.25) is 9.79 Å². The second-order valence-corrected chi connectivity index (χ2v) is 5.46. The van der Waals surface area contributed by atoms with Crippen LogP contribution >= 0.6 is 0 Å². The van der Waals surface area contributed by atoms with Gasteiger partial charge in [0.05, 0.1) is 6.42 Å². The van der Waals surface area contributed by atoms with Crippen LogP contribution in [0.5, 0.6) is 0 Å². The number of nitrogens with zero attached hydrogens (tertiary/aromatic N) is 1. The van der Waals surface area contributed by atoms with Crippen LogP contribution < -0.4 is 0 Å². The van der Waals surface area contributed by atoms with E-state index >= 15 is 0 Å². The first-order valence-electron chi connectivity index (χ1n) is 6.42. The van der Waals surface area contributed by atoms with Crippen molar-refractivity contribution in [2.45, 2.75) is 26.3 Å². The molecule has 5 heteroatoms. The van der Waals surface area contributed by atoms with Gasteiger partial charge in [0.1, 0.15) is 18.4 Å². The molecule has 1 aromatic carbocycles. The number of ether oxygens (including phenoxy) is 1. The molecule has 1 unspecified atom stereocenters. The summed E-state index contributed by atoms with van der Waals surface area (Å²) < 4.78 is 5.16. The number of benzene rings is 1. The van der Waals surface area contributed by atoms with Gasteiger partial charge in [0.25, 0.3) is 0 Å². The first-order valence-corrected chi connectivity index (χ1v) is 6.42. The normalized spacial score (nSPS) is 19.2.